The highest BCUT2D eigenvalue weighted by atomic mass is 32.2. The van der Waals surface area contributed by atoms with Crippen molar-refractivity contribution in [3.05, 3.63) is 77.3 Å². The molecular weight excluding hydrogens is 456 g/mol. The lowest BCUT2D eigenvalue weighted by atomic mass is 9.86. The van der Waals surface area contributed by atoms with E-state index in [0.29, 0.717) is 13.1 Å². The Balaban J connectivity index is 1.58. The fraction of sp³-hybridized carbons (Fsp3) is 0.296. The van der Waals surface area contributed by atoms with Crippen LogP contribution in [0.15, 0.2) is 60.3 Å². The fourth-order valence-corrected chi connectivity index (χ4v) is 4.95. The zero-order valence-corrected chi connectivity index (χ0v) is 21.1. The predicted molar refractivity (Wildman–Crippen MR) is 143 cm³/mol. The first-order chi connectivity index (χ1) is 16.8. The third-order valence-electron chi connectivity index (χ3n) is 6.65. The number of thioether (sulfide) groups is 1. The highest BCUT2D eigenvalue weighted by Crippen LogP contribution is 2.39. The van der Waals surface area contributed by atoms with Crippen LogP contribution in [0.4, 0.5) is 16.2 Å². The Morgan fingerprint density at radius 3 is 2.63 bits per heavy atom. The Bertz CT molecular complexity index is 1320. The fourth-order valence-electron chi connectivity index (χ4n) is 4.52. The van der Waals surface area contributed by atoms with E-state index in [0.717, 1.165) is 45.2 Å². The molecule has 0 saturated heterocycles. The van der Waals surface area contributed by atoms with Gasteiger partial charge in [-0.15, -0.1) is 11.8 Å². The Kier molecular flexibility index (Phi) is 5.81. The summed E-state index contributed by atoms with van der Waals surface area (Å²) in [4.78, 5) is 22.0. The summed E-state index contributed by atoms with van der Waals surface area (Å²) < 4.78 is 0. The monoisotopic (exact) mass is 484 g/mol. The number of rotatable bonds is 4. The van der Waals surface area contributed by atoms with Crippen LogP contribution < -0.4 is 15.5 Å². The second kappa shape index (κ2) is 8.82. The lowest BCUT2D eigenvalue weighted by Gasteiger charge is -2.39. The normalized spacial score (nSPS) is 19.3. The number of allylic oxidation sites excluding steroid dienone is 2. The number of likely N-dealkylation sites (N-methyl/N-ethyl adjacent to an activating group) is 1. The number of dihydropyridines is 1. The van der Waals surface area contributed by atoms with Crippen molar-refractivity contribution in [3.8, 4) is 6.07 Å². The standard InChI is InChI=1S/C27H28N6OS/c1-27(2,16-28)19-6-8-20(9-7-19)33-25-18(15-32(3)26(33)34)14-29-22-11-10-21(31-24(22)25)17-5-12-23(35-4)30-13-17/h5-13,23,29-30H,14-15H2,1-4H3. The summed E-state index contributed by atoms with van der Waals surface area (Å²) >= 11 is 1.74. The van der Waals surface area contributed by atoms with Crippen LogP contribution in [0.25, 0.3) is 11.3 Å². The van der Waals surface area contributed by atoms with E-state index < -0.39 is 5.41 Å². The summed E-state index contributed by atoms with van der Waals surface area (Å²) in [5.41, 5.74) is 6.54. The quantitative estimate of drug-likeness (QED) is 0.650. The van der Waals surface area contributed by atoms with Crippen molar-refractivity contribution in [3.63, 3.8) is 0 Å². The minimum Gasteiger partial charge on any atom is -0.379 e. The molecule has 1 aromatic carbocycles. The first-order valence-corrected chi connectivity index (χ1v) is 12.8. The summed E-state index contributed by atoms with van der Waals surface area (Å²) in [6.45, 7) is 4.97. The van der Waals surface area contributed by atoms with Crippen molar-refractivity contribution in [1.29, 1.82) is 5.26 Å². The Labute approximate surface area is 210 Å². The predicted octanol–water partition coefficient (Wildman–Crippen LogP) is 4.78. The van der Waals surface area contributed by atoms with Gasteiger partial charge in [0.2, 0.25) is 0 Å². The second-order valence-corrected chi connectivity index (χ2v) is 10.4. The number of benzene rings is 1. The van der Waals surface area contributed by atoms with Gasteiger partial charge in [-0.2, -0.15) is 5.26 Å². The van der Waals surface area contributed by atoms with E-state index in [2.05, 4.69) is 35.1 Å². The lowest BCUT2D eigenvalue weighted by molar-refractivity contribution is 0.219. The molecule has 3 aliphatic rings. The molecule has 3 aliphatic heterocycles. The van der Waals surface area contributed by atoms with E-state index in [1.165, 1.54) is 0 Å². The summed E-state index contributed by atoms with van der Waals surface area (Å²) in [5.74, 6) is 0. The van der Waals surface area contributed by atoms with Crippen LogP contribution in [0.5, 0.6) is 0 Å². The van der Waals surface area contributed by atoms with Gasteiger partial charge in [0.05, 0.1) is 39.6 Å². The zero-order chi connectivity index (χ0) is 24.7. The third kappa shape index (κ3) is 4.06. The van der Waals surface area contributed by atoms with Crippen molar-refractivity contribution in [2.45, 2.75) is 24.6 Å². The molecule has 0 radical (unpaired) electrons. The zero-order valence-electron chi connectivity index (χ0n) is 20.3. The number of nitrogens with zero attached hydrogens (tertiary/aromatic N) is 4. The molecule has 2 aromatic rings. The van der Waals surface area contributed by atoms with Crippen LogP contribution in [0.1, 0.15) is 30.8 Å². The van der Waals surface area contributed by atoms with Crippen LogP contribution in [0.3, 0.4) is 0 Å². The number of carbonyl (C=O) groups excluding carboxylic acids is 1. The molecule has 4 heterocycles. The Hall–Kier alpha value is -3.70. The van der Waals surface area contributed by atoms with Gasteiger partial charge in [0.25, 0.3) is 0 Å². The van der Waals surface area contributed by atoms with Gasteiger partial charge in [0.1, 0.15) is 5.69 Å². The van der Waals surface area contributed by atoms with Crippen LogP contribution >= 0.6 is 11.8 Å². The van der Waals surface area contributed by atoms with Gasteiger partial charge in [0.15, 0.2) is 0 Å². The number of urea groups is 1. The number of hydrogen-bond acceptors (Lipinski definition) is 6. The summed E-state index contributed by atoms with van der Waals surface area (Å²) in [7, 11) is 1.82. The van der Waals surface area contributed by atoms with Gasteiger partial charge in [-0.05, 0) is 55.5 Å². The average Bonchev–Trinajstić information content (AvgIpc) is 2.89. The molecule has 1 aromatic heterocycles. The topological polar surface area (TPSA) is 84.3 Å². The number of anilines is 2. The summed E-state index contributed by atoms with van der Waals surface area (Å²) in [6, 6.07) is 14.0. The van der Waals surface area contributed by atoms with Gasteiger partial charge in [-0.1, -0.05) is 24.3 Å². The Morgan fingerprint density at radius 1 is 1.20 bits per heavy atom. The van der Waals surface area contributed by atoms with Gasteiger partial charge in [0, 0.05) is 31.9 Å². The molecule has 7 nitrogen and oxygen atoms in total. The molecule has 2 N–H and O–H groups in total. The molecule has 0 fully saturated rings. The van der Waals surface area contributed by atoms with Crippen molar-refractivity contribution in [2.75, 3.05) is 36.6 Å². The van der Waals surface area contributed by atoms with E-state index in [1.54, 1.807) is 21.6 Å². The Morgan fingerprint density at radius 2 is 1.97 bits per heavy atom. The lowest BCUT2D eigenvalue weighted by Crippen LogP contribution is -2.48. The molecule has 5 rings (SSSR count). The first-order valence-electron chi connectivity index (χ1n) is 11.5. The molecule has 0 aliphatic carbocycles. The van der Waals surface area contributed by atoms with E-state index in [1.807, 2.05) is 63.5 Å². The molecular formula is C27H28N6OS. The molecule has 0 spiro atoms. The van der Waals surface area contributed by atoms with Crippen molar-refractivity contribution in [2.24, 2.45) is 0 Å². The third-order valence-corrected chi connectivity index (χ3v) is 7.45. The van der Waals surface area contributed by atoms with Gasteiger partial charge >= 0.3 is 6.03 Å². The molecule has 2 amide bonds. The molecule has 1 atom stereocenters. The number of amides is 2. The minimum absolute atomic E-state index is 0.0997. The largest absolute Gasteiger partial charge is 0.379 e. The van der Waals surface area contributed by atoms with Gasteiger partial charge in [-0.3, -0.25) is 4.90 Å². The second-order valence-electron chi connectivity index (χ2n) is 9.44. The average molecular weight is 485 g/mol. The maximum absolute atomic E-state index is 13.5. The number of fused-ring (bicyclic) bond motifs is 2. The molecule has 0 saturated carbocycles. The maximum Gasteiger partial charge on any atom is 0.329 e. The maximum atomic E-state index is 13.5. The molecule has 35 heavy (non-hydrogen) atoms. The van der Waals surface area contributed by atoms with E-state index in [4.69, 9.17) is 4.98 Å². The smallest absolute Gasteiger partial charge is 0.329 e. The molecule has 178 valence electrons. The highest BCUT2D eigenvalue weighted by molar-refractivity contribution is 7.99. The van der Waals surface area contributed by atoms with Crippen molar-refractivity contribution in [1.82, 2.24) is 15.2 Å². The number of nitriles is 1. The number of carbonyl (C=O) groups is 1. The minimum atomic E-state index is -0.603. The number of hydrogen-bond donors (Lipinski definition) is 2. The van der Waals surface area contributed by atoms with Crippen molar-refractivity contribution >= 4 is 40.4 Å². The van der Waals surface area contributed by atoms with Crippen molar-refractivity contribution < 1.29 is 4.79 Å². The van der Waals surface area contributed by atoms with Crippen LogP contribution in [0, 0.1) is 11.3 Å². The molecule has 0 bridgehead atoms. The summed E-state index contributed by atoms with van der Waals surface area (Å²) in [6.07, 6.45) is 8.27. The van der Waals surface area contributed by atoms with Crippen LogP contribution in [-0.2, 0) is 5.41 Å². The van der Waals surface area contributed by atoms with Gasteiger partial charge in [-0.25, -0.2) is 9.78 Å². The first kappa shape index (κ1) is 23.1. The molecule has 8 heteroatoms. The number of aromatic nitrogens is 1. The SMILES string of the molecule is CSC1C=CC(c2ccc3c(n2)C2=C(CN3)CN(C)C(=O)N2c2ccc(C(C)(C)C#N)cc2)=CN1. The van der Waals surface area contributed by atoms with Crippen LogP contribution in [-0.4, -0.2) is 47.7 Å². The highest BCUT2D eigenvalue weighted by Gasteiger charge is 2.36. The van der Waals surface area contributed by atoms with E-state index >= 15 is 0 Å². The molecule has 1 unspecified atom stereocenters. The van der Waals surface area contributed by atoms with E-state index in [9.17, 15) is 10.1 Å². The van der Waals surface area contributed by atoms with E-state index in [-0.39, 0.29) is 11.4 Å². The van der Waals surface area contributed by atoms with Gasteiger partial charge < -0.3 is 15.5 Å². The summed E-state index contributed by atoms with van der Waals surface area (Å²) in [5, 5.41) is 16.6. The number of nitrogens with one attached hydrogen (secondary N) is 2. The number of pyridine rings is 1. The van der Waals surface area contributed by atoms with Crippen LogP contribution in [0.2, 0.25) is 0 Å².